The summed E-state index contributed by atoms with van der Waals surface area (Å²) in [6, 6.07) is 5.08. The van der Waals surface area contributed by atoms with Gasteiger partial charge in [-0.25, -0.2) is 4.98 Å². The van der Waals surface area contributed by atoms with Crippen LogP contribution >= 0.6 is 0 Å². The van der Waals surface area contributed by atoms with Gasteiger partial charge in [-0.15, -0.1) is 0 Å². The molecule has 4 nitrogen and oxygen atoms in total. The van der Waals surface area contributed by atoms with Crippen LogP contribution in [0.15, 0.2) is 12.1 Å². The molecule has 0 radical (unpaired) electrons. The Morgan fingerprint density at radius 2 is 2.00 bits per heavy atom. The molecule has 1 aromatic heterocycles. The number of aromatic nitrogens is 1. The summed E-state index contributed by atoms with van der Waals surface area (Å²) >= 11 is 0. The van der Waals surface area contributed by atoms with Gasteiger partial charge in [0.2, 0.25) is 0 Å². The Labute approximate surface area is 117 Å². The first-order valence-corrected chi connectivity index (χ1v) is 6.86. The number of anilines is 1. The molecule has 0 aliphatic heterocycles. The first-order chi connectivity index (χ1) is 8.93. The van der Waals surface area contributed by atoms with E-state index in [-0.39, 0.29) is 0 Å². The van der Waals surface area contributed by atoms with Crippen LogP contribution in [0.5, 0.6) is 0 Å². The van der Waals surface area contributed by atoms with Gasteiger partial charge in [0.25, 0.3) is 0 Å². The average Bonchev–Trinajstić information content (AvgIpc) is 2.35. The van der Waals surface area contributed by atoms with Gasteiger partial charge < -0.3 is 15.0 Å². The normalized spacial score (nSPS) is 12.8. The molecule has 0 aromatic carbocycles. The second-order valence-electron chi connectivity index (χ2n) is 5.43. The minimum atomic E-state index is 0.310. The largest absolute Gasteiger partial charge is 0.383 e. The van der Waals surface area contributed by atoms with E-state index >= 15 is 0 Å². The lowest BCUT2D eigenvalue weighted by Gasteiger charge is -2.26. The van der Waals surface area contributed by atoms with Crippen molar-refractivity contribution in [3.8, 4) is 0 Å². The summed E-state index contributed by atoms with van der Waals surface area (Å²) in [6.45, 7) is 10.1. The Morgan fingerprint density at radius 3 is 2.58 bits per heavy atom. The Hall–Kier alpha value is -1.13. The minimum absolute atomic E-state index is 0.310. The maximum absolute atomic E-state index is 5.20. The molecule has 0 amide bonds. The van der Waals surface area contributed by atoms with Crippen LogP contribution in [0, 0.1) is 6.92 Å². The quantitative estimate of drug-likeness (QED) is 0.821. The van der Waals surface area contributed by atoms with Crippen molar-refractivity contribution < 1.29 is 4.74 Å². The lowest BCUT2D eigenvalue weighted by Crippen LogP contribution is -2.33. The molecule has 0 fully saturated rings. The second-order valence-corrected chi connectivity index (χ2v) is 5.43. The van der Waals surface area contributed by atoms with E-state index in [4.69, 9.17) is 4.74 Å². The van der Waals surface area contributed by atoms with Gasteiger partial charge in [0.05, 0.1) is 12.6 Å². The number of hydrogen-bond donors (Lipinski definition) is 1. The molecular formula is C15H27N3O. The zero-order valence-electron chi connectivity index (χ0n) is 13.0. The maximum atomic E-state index is 5.20. The zero-order valence-corrected chi connectivity index (χ0v) is 13.0. The van der Waals surface area contributed by atoms with Crippen LogP contribution < -0.4 is 10.2 Å². The van der Waals surface area contributed by atoms with Crippen molar-refractivity contribution in [2.45, 2.75) is 46.3 Å². The van der Waals surface area contributed by atoms with Crippen LogP contribution in [0.4, 0.5) is 5.82 Å². The number of nitrogens with one attached hydrogen (secondary N) is 1. The van der Waals surface area contributed by atoms with Crippen LogP contribution in [-0.2, 0) is 11.3 Å². The van der Waals surface area contributed by atoms with E-state index in [9.17, 15) is 0 Å². The van der Waals surface area contributed by atoms with Crippen LogP contribution in [-0.4, -0.2) is 37.8 Å². The van der Waals surface area contributed by atoms with Gasteiger partial charge in [0, 0.05) is 32.4 Å². The number of hydrogen-bond acceptors (Lipinski definition) is 4. The first-order valence-electron chi connectivity index (χ1n) is 6.86. The van der Waals surface area contributed by atoms with E-state index in [2.05, 4.69) is 55.2 Å². The second kappa shape index (κ2) is 7.46. The monoisotopic (exact) mass is 265 g/mol. The van der Waals surface area contributed by atoms with Gasteiger partial charge in [-0.05, 0) is 31.5 Å². The highest BCUT2D eigenvalue weighted by atomic mass is 16.5. The van der Waals surface area contributed by atoms with E-state index in [0.29, 0.717) is 18.7 Å². The zero-order chi connectivity index (χ0) is 14.4. The summed E-state index contributed by atoms with van der Waals surface area (Å²) in [6.07, 6.45) is 0. The molecule has 0 aliphatic rings. The minimum Gasteiger partial charge on any atom is -0.383 e. The summed E-state index contributed by atoms with van der Waals surface area (Å²) in [4.78, 5) is 6.77. The third-order valence-electron chi connectivity index (χ3n) is 3.14. The van der Waals surface area contributed by atoms with Crippen molar-refractivity contribution in [1.29, 1.82) is 0 Å². The summed E-state index contributed by atoms with van der Waals surface area (Å²) in [5.74, 6) is 1.00. The molecule has 0 aliphatic carbocycles. The molecule has 1 unspecified atom stereocenters. The Bertz CT molecular complexity index is 393. The fourth-order valence-electron chi connectivity index (χ4n) is 1.90. The standard InChI is InChI=1S/C15H27N3O/c1-11(2)16-9-14-7-12(3)17-15(8-14)18(5)13(4)10-19-6/h7-8,11,13,16H,9-10H2,1-6H3. The molecule has 1 N–H and O–H groups in total. The number of ether oxygens (including phenoxy) is 1. The first kappa shape index (κ1) is 15.9. The van der Waals surface area contributed by atoms with Crippen molar-refractivity contribution in [2.75, 3.05) is 25.7 Å². The highest BCUT2D eigenvalue weighted by Crippen LogP contribution is 2.16. The van der Waals surface area contributed by atoms with Gasteiger partial charge in [0.15, 0.2) is 0 Å². The lowest BCUT2D eigenvalue weighted by molar-refractivity contribution is 0.183. The van der Waals surface area contributed by atoms with Crippen LogP contribution in [0.3, 0.4) is 0 Å². The van der Waals surface area contributed by atoms with Crippen molar-refractivity contribution in [1.82, 2.24) is 10.3 Å². The Morgan fingerprint density at radius 1 is 1.32 bits per heavy atom. The molecule has 1 atom stereocenters. The molecule has 0 saturated heterocycles. The number of rotatable bonds is 7. The third-order valence-corrected chi connectivity index (χ3v) is 3.14. The summed E-state index contributed by atoms with van der Waals surface area (Å²) in [5, 5.41) is 3.44. The number of nitrogens with zero attached hydrogens (tertiary/aromatic N) is 2. The van der Waals surface area contributed by atoms with Crippen LogP contribution in [0.2, 0.25) is 0 Å². The van der Waals surface area contributed by atoms with Crippen molar-refractivity contribution in [2.24, 2.45) is 0 Å². The molecule has 1 aromatic rings. The molecule has 0 saturated carbocycles. The van der Waals surface area contributed by atoms with Gasteiger partial charge in [-0.3, -0.25) is 0 Å². The maximum Gasteiger partial charge on any atom is 0.129 e. The molecule has 1 heterocycles. The molecule has 0 spiro atoms. The van der Waals surface area contributed by atoms with Crippen LogP contribution in [0.1, 0.15) is 32.0 Å². The van der Waals surface area contributed by atoms with E-state index < -0.39 is 0 Å². The number of methoxy groups -OCH3 is 1. The fraction of sp³-hybridized carbons (Fsp3) is 0.667. The fourth-order valence-corrected chi connectivity index (χ4v) is 1.90. The van der Waals surface area contributed by atoms with E-state index in [0.717, 1.165) is 18.1 Å². The van der Waals surface area contributed by atoms with Crippen molar-refractivity contribution in [3.05, 3.63) is 23.4 Å². The van der Waals surface area contributed by atoms with Gasteiger partial charge in [-0.2, -0.15) is 0 Å². The Kier molecular flexibility index (Phi) is 6.25. The average molecular weight is 265 g/mol. The third kappa shape index (κ3) is 5.17. The van der Waals surface area contributed by atoms with Gasteiger partial charge in [0.1, 0.15) is 5.82 Å². The highest BCUT2D eigenvalue weighted by Gasteiger charge is 2.12. The molecular weight excluding hydrogens is 238 g/mol. The molecule has 108 valence electrons. The molecule has 4 heteroatoms. The predicted molar refractivity (Wildman–Crippen MR) is 80.7 cm³/mol. The number of aryl methyl sites for hydroxylation is 1. The van der Waals surface area contributed by atoms with Crippen molar-refractivity contribution in [3.63, 3.8) is 0 Å². The van der Waals surface area contributed by atoms with Crippen molar-refractivity contribution >= 4 is 5.82 Å². The molecule has 1 rings (SSSR count). The van der Waals surface area contributed by atoms with E-state index in [1.54, 1.807) is 7.11 Å². The summed E-state index contributed by atoms with van der Waals surface area (Å²) in [5.41, 5.74) is 2.32. The summed E-state index contributed by atoms with van der Waals surface area (Å²) < 4.78 is 5.20. The number of likely N-dealkylation sites (N-methyl/N-ethyl adjacent to an activating group) is 1. The molecule has 19 heavy (non-hydrogen) atoms. The van der Waals surface area contributed by atoms with E-state index in [1.807, 2.05) is 6.92 Å². The van der Waals surface area contributed by atoms with Crippen LogP contribution in [0.25, 0.3) is 0 Å². The highest BCUT2D eigenvalue weighted by molar-refractivity contribution is 5.42. The topological polar surface area (TPSA) is 37.4 Å². The lowest BCUT2D eigenvalue weighted by atomic mass is 10.2. The van der Waals surface area contributed by atoms with E-state index in [1.165, 1.54) is 5.56 Å². The summed E-state index contributed by atoms with van der Waals surface area (Å²) in [7, 11) is 3.79. The SMILES string of the molecule is COCC(C)N(C)c1cc(CNC(C)C)cc(C)n1. The Balaban J connectivity index is 2.83. The van der Waals surface area contributed by atoms with Gasteiger partial charge in [-0.1, -0.05) is 13.8 Å². The molecule has 0 bridgehead atoms. The van der Waals surface area contributed by atoms with Gasteiger partial charge >= 0.3 is 0 Å². The number of pyridine rings is 1. The smallest absolute Gasteiger partial charge is 0.129 e. The predicted octanol–water partition coefficient (Wildman–Crippen LogP) is 2.36.